The highest BCUT2D eigenvalue weighted by Crippen LogP contribution is 2.18. The second-order valence-electron chi connectivity index (χ2n) is 6.91. The van der Waals surface area contributed by atoms with Crippen molar-refractivity contribution in [3.05, 3.63) is 47.0 Å². The molecule has 1 amide bonds. The van der Waals surface area contributed by atoms with E-state index in [4.69, 9.17) is 0 Å². The van der Waals surface area contributed by atoms with Crippen LogP contribution in [0.3, 0.4) is 0 Å². The van der Waals surface area contributed by atoms with Crippen LogP contribution in [-0.4, -0.2) is 40.2 Å². The van der Waals surface area contributed by atoms with Gasteiger partial charge >= 0.3 is 0 Å². The Kier molecular flexibility index (Phi) is 7.80. The fraction of sp³-hybridized carbons (Fsp3) is 0.500. The fourth-order valence-corrected chi connectivity index (χ4v) is 3.47. The molecule has 0 unspecified atom stereocenters. The quantitative estimate of drug-likeness (QED) is 0.762. The molecule has 7 heteroatoms. The molecule has 0 saturated carbocycles. The predicted molar refractivity (Wildman–Crippen MR) is 107 cm³/mol. The lowest BCUT2D eigenvalue weighted by atomic mass is 10.2. The van der Waals surface area contributed by atoms with Crippen molar-refractivity contribution in [1.29, 1.82) is 0 Å². The van der Waals surface area contributed by atoms with Gasteiger partial charge in [-0.05, 0) is 51.0 Å². The Balaban J connectivity index is 0.00000261. The lowest BCUT2D eigenvalue weighted by molar-refractivity contribution is -0.130. The van der Waals surface area contributed by atoms with Crippen LogP contribution >= 0.6 is 12.4 Å². The Morgan fingerprint density at radius 3 is 2.63 bits per heavy atom. The number of benzene rings is 1. The Morgan fingerprint density at radius 1 is 1.15 bits per heavy atom. The first-order chi connectivity index (χ1) is 12.6. The molecule has 2 aromatic rings. The van der Waals surface area contributed by atoms with Gasteiger partial charge in [-0.1, -0.05) is 6.42 Å². The van der Waals surface area contributed by atoms with Gasteiger partial charge in [0.05, 0.1) is 11.4 Å². The number of halogens is 2. The minimum Gasteiger partial charge on any atom is -0.341 e. The zero-order valence-corrected chi connectivity index (χ0v) is 16.8. The van der Waals surface area contributed by atoms with Crippen LogP contribution in [-0.2, 0) is 11.3 Å². The Labute approximate surface area is 166 Å². The average molecular weight is 395 g/mol. The van der Waals surface area contributed by atoms with E-state index < -0.39 is 0 Å². The van der Waals surface area contributed by atoms with Crippen LogP contribution in [0, 0.1) is 19.7 Å². The third-order valence-corrected chi connectivity index (χ3v) is 5.04. The number of aromatic nitrogens is 2. The van der Waals surface area contributed by atoms with Gasteiger partial charge < -0.3 is 10.2 Å². The summed E-state index contributed by atoms with van der Waals surface area (Å²) < 4.78 is 15.0. The van der Waals surface area contributed by atoms with Crippen molar-refractivity contribution < 1.29 is 9.18 Å². The molecule has 1 saturated heterocycles. The Morgan fingerprint density at radius 2 is 1.89 bits per heavy atom. The van der Waals surface area contributed by atoms with Crippen molar-refractivity contribution in [3.63, 3.8) is 0 Å². The molecule has 0 aliphatic carbocycles. The topological polar surface area (TPSA) is 50.2 Å². The number of likely N-dealkylation sites (tertiary alicyclic amines) is 1. The SMILES string of the molecule is Cc1nn(-c2ccc(F)cc2)c(C)c1CNCCN1CCCCCC1=O.Cl. The molecular formula is C20H28ClFN4O. The highest BCUT2D eigenvalue weighted by molar-refractivity contribution is 5.85. The summed E-state index contributed by atoms with van der Waals surface area (Å²) in [6.07, 6.45) is 3.96. The number of nitrogens with zero attached hydrogens (tertiary/aromatic N) is 3. The maximum Gasteiger partial charge on any atom is 0.222 e. The third kappa shape index (κ3) is 5.30. The molecule has 148 valence electrons. The molecular weight excluding hydrogens is 367 g/mol. The molecule has 1 aromatic carbocycles. The summed E-state index contributed by atoms with van der Waals surface area (Å²) in [6, 6.07) is 6.36. The standard InChI is InChI=1S/C20H27FN4O.ClH/c1-15-19(14-22-11-13-24-12-5-3-4-6-20(24)26)16(2)25(23-15)18-9-7-17(21)8-10-18;/h7-10,22H,3-6,11-14H2,1-2H3;1H. The normalized spacial score (nSPS) is 14.8. The van der Waals surface area contributed by atoms with Gasteiger partial charge in [-0.15, -0.1) is 12.4 Å². The number of hydrogen-bond donors (Lipinski definition) is 1. The minimum absolute atomic E-state index is 0. The average Bonchev–Trinajstić information content (AvgIpc) is 2.78. The van der Waals surface area contributed by atoms with Crippen molar-refractivity contribution in [3.8, 4) is 5.69 Å². The Hall–Kier alpha value is -1.92. The van der Waals surface area contributed by atoms with Gasteiger partial charge in [-0.2, -0.15) is 5.10 Å². The van der Waals surface area contributed by atoms with E-state index in [0.717, 1.165) is 61.5 Å². The number of carbonyl (C=O) groups excluding carboxylic acids is 1. The zero-order chi connectivity index (χ0) is 18.5. The van der Waals surface area contributed by atoms with Gasteiger partial charge in [0.25, 0.3) is 0 Å². The highest BCUT2D eigenvalue weighted by Gasteiger charge is 2.16. The number of rotatable bonds is 6. The van der Waals surface area contributed by atoms with Crippen molar-refractivity contribution in [1.82, 2.24) is 20.0 Å². The number of aryl methyl sites for hydroxylation is 1. The smallest absolute Gasteiger partial charge is 0.222 e. The van der Waals surface area contributed by atoms with Gasteiger partial charge in [-0.3, -0.25) is 4.79 Å². The summed E-state index contributed by atoms with van der Waals surface area (Å²) in [4.78, 5) is 14.0. The van der Waals surface area contributed by atoms with E-state index in [1.807, 2.05) is 23.4 Å². The van der Waals surface area contributed by atoms with E-state index in [-0.39, 0.29) is 24.1 Å². The number of carbonyl (C=O) groups is 1. The monoisotopic (exact) mass is 394 g/mol. The lowest BCUT2D eigenvalue weighted by Crippen LogP contribution is -2.36. The van der Waals surface area contributed by atoms with Gasteiger partial charge in [0, 0.05) is 43.9 Å². The summed E-state index contributed by atoms with van der Waals surface area (Å²) in [7, 11) is 0. The maximum atomic E-state index is 13.1. The maximum absolute atomic E-state index is 13.1. The summed E-state index contributed by atoms with van der Waals surface area (Å²) in [5, 5.41) is 8.03. The van der Waals surface area contributed by atoms with Crippen LogP contribution in [0.4, 0.5) is 4.39 Å². The lowest BCUT2D eigenvalue weighted by Gasteiger charge is -2.20. The number of amides is 1. The second-order valence-corrected chi connectivity index (χ2v) is 6.91. The first-order valence-electron chi connectivity index (χ1n) is 9.36. The minimum atomic E-state index is -0.250. The van der Waals surface area contributed by atoms with Crippen LogP contribution < -0.4 is 5.32 Å². The highest BCUT2D eigenvalue weighted by atomic mass is 35.5. The van der Waals surface area contributed by atoms with Crippen LogP contribution in [0.5, 0.6) is 0 Å². The fourth-order valence-electron chi connectivity index (χ4n) is 3.47. The van der Waals surface area contributed by atoms with E-state index in [1.165, 1.54) is 12.1 Å². The van der Waals surface area contributed by atoms with Crippen LogP contribution in [0.25, 0.3) is 5.69 Å². The van der Waals surface area contributed by atoms with Gasteiger partial charge in [0.15, 0.2) is 0 Å². The first-order valence-corrected chi connectivity index (χ1v) is 9.36. The van der Waals surface area contributed by atoms with Gasteiger partial charge in [-0.25, -0.2) is 9.07 Å². The number of nitrogens with one attached hydrogen (secondary N) is 1. The van der Waals surface area contributed by atoms with Crippen molar-refractivity contribution in [2.45, 2.75) is 46.1 Å². The molecule has 1 aromatic heterocycles. The van der Waals surface area contributed by atoms with Gasteiger partial charge in [0.2, 0.25) is 5.91 Å². The molecule has 5 nitrogen and oxygen atoms in total. The molecule has 0 spiro atoms. The molecule has 0 radical (unpaired) electrons. The molecule has 2 heterocycles. The number of hydrogen-bond acceptors (Lipinski definition) is 3. The van der Waals surface area contributed by atoms with Crippen molar-refractivity contribution in [2.24, 2.45) is 0 Å². The van der Waals surface area contributed by atoms with Crippen LogP contribution in [0.15, 0.2) is 24.3 Å². The summed E-state index contributed by atoms with van der Waals surface area (Å²) >= 11 is 0. The molecule has 0 atom stereocenters. The van der Waals surface area contributed by atoms with Gasteiger partial charge in [0.1, 0.15) is 5.82 Å². The predicted octanol–water partition coefficient (Wildman–Crippen LogP) is 3.54. The van der Waals surface area contributed by atoms with Crippen LogP contribution in [0.1, 0.15) is 42.6 Å². The molecule has 27 heavy (non-hydrogen) atoms. The van der Waals surface area contributed by atoms with Crippen molar-refractivity contribution >= 4 is 18.3 Å². The van der Waals surface area contributed by atoms with Crippen molar-refractivity contribution in [2.75, 3.05) is 19.6 Å². The molecule has 0 bridgehead atoms. The van der Waals surface area contributed by atoms with E-state index in [1.54, 1.807) is 12.1 Å². The second kappa shape index (κ2) is 9.85. The van der Waals surface area contributed by atoms with E-state index in [2.05, 4.69) is 10.4 Å². The van der Waals surface area contributed by atoms with E-state index in [0.29, 0.717) is 13.0 Å². The van der Waals surface area contributed by atoms with Crippen LogP contribution in [0.2, 0.25) is 0 Å². The summed E-state index contributed by atoms with van der Waals surface area (Å²) in [5.41, 5.74) is 4.02. The molecule has 1 fully saturated rings. The zero-order valence-electron chi connectivity index (χ0n) is 16.0. The molecule has 1 N–H and O–H groups in total. The molecule has 3 rings (SSSR count). The molecule has 1 aliphatic heterocycles. The Bertz CT molecular complexity index is 760. The third-order valence-electron chi connectivity index (χ3n) is 5.04. The molecule has 1 aliphatic rings. The van der Waals surface area contributed by atoms with E-state index >= 15 is 0 Å². The van der Waals surface area contributed by atoms with E-state index in [9.17, 15) is 9.18 Å². The summed E-state index contributed by atoms with van der Waals surface area (Å²) in [6.45, 7) is 7.12. The summed E-state index contributed by atoms with van der Waals surface area (Å²) in [5.74, 6) is 0.0287. The largest absolute Gasteiger partial charge is 0.341 e. The first kappa shape index (κ1) is 21.4.